The number of benzene rings is 4. The summed E-state index contributed by atoms with van der Waals surface area (Å²) in [5.74, 6) is -0.408. The number of unbranched alkanes of at least 4 members (excludes halogenated alkanes) is 1. The number of carboxylic acids is 1. The number of hydrogen-bond donors (Lipinski definition) is 5. The molecular weight excluding hydrogens is 919 g/mol. The number of amides is 3. The summed E-state index contributed by atoms with van der Waals surface area (Å²) in [7, 11) is 1.83. The number of carboxylic acid groups (broad SMARTS) is 1. The van der Waals surface area contributed by atoms with Crippen LogP contribution in [0, 0.1) is 12.8 Å². The van der Waals surface area contributed by atoms with Gasteiger partial charge in [-0.25, -0.2) is 14.8 Å². The first-order valence-electron chi connectivity index (χ1n) is 24.4. The Bertz CT molecular complexity index is 3140. The van der Waals surface area contributed by atoms with Gasteiger partial charge in [-0.2, -0.15) is 5.10 Å². The van der Waals surface area contributed by atoms with Crippen molar-refractivity contribution in [2.75, 3.05) is 48.3 Å². The van der Waals surface area contributed by atoms with Crippen LogP contribution in [0.5, 0.6) is 5.75 Å². The molecule has 0 bridgehead atoms. The lowest BCUT2D eigenvalue weighted by Crippen LogP contribution is -2.42. The number of aromatic carboxylic acids is 1. The van der Waals surface area contributed by atoms with Gasteiger partial charge in [-0.15, -0.1) is 0 Å². The zero-order valence-electron chi connectivity index (χ0n) is 39.8. The SMILES string of the molecule is Cc1c(OCCCC[C@@H]2CCCN(CC(=O)Nc3ccc4c(C5CCC(O)NC5=O)nn(C)c4c3)C2)cccc1-c1ccc(N2CCc3cccc(C(=O)Nc4nc5ccccc5s4)c3C2)nc1C(=O)O. The van der Waals surface area contributed by atoms with Crippen molar-refractivity contribution in [3.05, 3.63) is 125 Å². The van der Waals surface area contributed by atoms with Gasteiger partial charge < -0.3 is 30.5 Å². The molecule has 0 radical (unpaired) electrons. The van der Waals surface area contributed by atoms with Gasteiger partial charge in [0.2, 0.25) is 11.8 Å². The molecule has 0 spiro atoms. The van der Waals surface area contributed by atoms with E-state index in [1.807, 2.05) is 110 Å². The minimum Gasteiger partial charge on any atom is -0.493 e. The van der Waals surface area contributed by atoms with Gasteiger partial charge in [-0.1, -0.05) is 47.7 Å². The van der Waals surface area contributed by atoms with Gasteiger partial charge in [0.15, 0.2) is 10.8 Å². The smallest absolute Gasteiger partial charge is 0.355 e. The van der Waals surface area contributed by atoms with E-state index in [0.717, 1.165) is 88.6 Å². The molecule has 17 heteroatoms. The van der Waals surface area contributed by atoms with Gasteiger partial charge in [0.1, 0.15) is 17.8 Å². The van der Waals surface area contributed by atoms with Crippen LogP contribution in [0.3, 0.4) is 0 Å². The molecule has 3 aromatic heterocycles. The Morgan fingerprint density at radius 2 is 1.77 bits per heavy atom. The Hall–Kier alpha value is -7.21. The van der Waals surface area contributed by atoms with Gasteiger partial charge >= 0.3 is 5.97 Å². The second-order valence-electron chi connectivity index (χ2n) is 18.9. The van der Waals surface area contributed by atoms with Gasteiger partial charge in [0.05, 0.1) is 40.5 Å². The van der Waals surface area contributed by atoms with Crippen LogP contribution in [0.4, 0.5) is 16.6 Å². The van der Waals surface area contributed by atoms with Crippen molar-refractivity contribution in [2.45, 2.75) is 77.0 Å². The lowest BCUT2D eigenvalue weighted by molar-refractivity contribution is -0.128. The highest BCUT2D eigenvalue weighted by molar-refractivity contribution is 7.22. The number of aliphatic hydroxyl groups is 1. The van der Waals surface area contributed by atoms with Crippen molar-refractivity contribution < 1.29 is 34.1 Å². The van der Waals surface area contributed by atoms with Crippen LogP contribution in [0.2, 0.25) is 0 Å². The molecule has 3 amide bonds. The molecule has 366 valence electrons. The van der Waals surface area contributed by atoms with E-state index >= 15 is 0 Å². The number of aromatic nitrogens is 4. The standard InChI is InChI=1S/C54H57N9O7S/c1-32-36(37-20-22-46(57-50(37)53(68)69)63-26-24-34-12-7-14-38(41(34)30-63)51(66)59-54-56-42-15-3-4-17-45(42)71-54)13-8-16-44(32)70-27-6-5-10-33-11-9-25-62(29-33)31-48(65)55-35-18-19-39-43(28-35)61(2)60-49(39)40-21-23-47(64)58-52(40)67/h3-4,7-8,12-20,22,28,33,40,47,64H,5-6,9-11,21,23-27,29-31H2,1-2H3,(H,55,65)(H,58,67)(H,68,69)(H,56,59,66)/t33-,40?,47?/m1/s1. The van der Waals surface area contributed by atoms with Gasteiger partial charge in [0.25, 0.3) is 5.91 Å². The number of para-hydroxylation sites is 1. The second-order valence-corrected chi connectivity index (χ2v) is 19.9. The molecule has 0 saturated carbocycles. The first-order valence-corrected chi connectivity index (χ1v) is 25.2. The highest BCUT2D eigenvalue weighted by Crippen LogP contribution is 2.36. The van der Waals surface area contributed by atoms with Crippen molar-refractivity contribution in [3.8, 4) is 16.9 Å². The largest absolute Gasteiger partial charge is 0.493 e. The number of carbonyl (C=O) groups is 4. The fraction of sp³-hybridized carbons (Fsp3) is 0.352. The molecule has 71 heavy (non-hydrogen) atoms. The normalized spacial score (nSPS) is 18.3. The fourth-order valence-corrected chi connectivity index (χ4v) is 11.3. The number of aliphatic hydroxyl groups excluding tert-OH is 1. The molecule has 3 aliphatic rings. The van der Waals surface area contributed by atoms with Crippen molar-refractivity contribution in [1.29, 1.82) is 0 Å². The molecule has 5 N–H and O–H groups in total. The van der Waals surface area contributed by atoms with Crippen LogP contribution in [0.1, 0.15) is 94.1 Å². The van der Waals surface area contributed by atoms with Crippen molar-refractivity contribution in [2.24, 2.45) is 13.0 Å². The third-order valence-corrected chi connectivity index (χ3v) is 15.0. The van der Waals surface area contributed by atoms with E-state index in [-0.39, 0.29) is 23.4 Å². The number of thiazole rings is 1. The third kappa shape index (κ3) is 10.3. The number of ether oxygens (including phenoxy) is 1. The summed E-state index contributed by atoms with van der Waals surface area (Å²) in [6.45, 7) is 5.50. The number of pyridine rings is 1. The van der Waals surface area contributed by atoms with Crippen LogP contribution in [0.15, 0.2) is 91.0 Å². The summed E-state index contributed by atoms with van der Waals surface area (Å²) in [6, 6.07) is 28.5. The number of rotatable bonds is 15. The number of nitrogens with zero attached hydrogens (tertiary/aromatic N) is 6. The van der Waals surface area contributed by atoms with Gasteiger partial charge in [0, 0.05) is 48.9 Å². The van der Waals surface area contributed by atoms with Crippen LogP contribution >= 0.6 is 11.3 Å². The number of likely N-dealkylation sites (tertiary alicyclic amines) is 1. The van der Waals surface area contributed by atoms with Crippen LogP contribution in [0.25, 0.3) is 32.2 Å². The average molecular weight is 976 g/mol. The molecule has 10 rings (SSSR count). The van der Waals surface area contributed by atoms with Crippen LogP contribution in [-0.4, -0.2) is 97.6 Å². The molecule has 4 aromatic carbocycles. The van der Waals surface area contributed by atoms with Gasteiger partial charge in [-0.3, -0.25) is 29.3 Å². The topological polar surface area (TPSA) is 204 Å². The maximum Gasteiger partial charge on any atom is 0.355 e. The number of carbonyl (C=O) groups excluding carboxylic acids is 3. The number of piperidine rings is 2. The van der Waals surface area contributed by atoms with E-state index in [1.165, 1.54) is 11.3 Å². The molecule has 3 atom stereocenters. The maximum atomic E-state index is 13.6. The molecule has 2 saturated heterocycles. The third-order valence-electron chi connectivity index (χ3n) is 14.1. The monoisotopic (exact) mass is 975 g/mol. The van der Waals surface area contributed by atoms with Crippen LogP contribution in [-0.2, 0) is 29.6 Å². The number of aryl methyl sites for hydroxylation is 1. The fourth-order valence-electron chi connectivity index (χ4n) is 10.5. The lowest BCUT2D eigenvalue weighted by atomic mass is 9.92. The molecule has 2 fully saturated rings. The quantitative estimate of drug-likeness (QED) is 0.0616. The maximum absolute atomic E-state index is 13.6. The summed E-state index contributed by atoms with van der Waals surface area (Å²) in [5, 5.41) is 35.0. The first-order chi connectivity index (χ1) is 34.4. The molecule has 6 heterocycles. The Balaban J connectivity index is 0.713. The number of anilines is 3. The van der Waals surface area contributed by atoms with E-state index < -0.39 is 18.1 Å². The first kappa shape index (κ1) is 47.5. The highest BCUT2D eigenvalue weighted by Gasteiger charge is 2.32. The summed E-state index contributed by atoms with van der Waals surface area (Å²) in [5.41, 5.74) is 7.53. The minimum atomic E-state index is -1.13. The second kappa shape index (κ2) is 20.6. The van der Waals surface area contributed by atoms with E-state index in [2.05, 4.69) is 30.9 Å². The molecule has 0 aliphatic carbocycles. The predicted octanol–water partition coefficient (Wildman–Crippen LogP) is 8.28. The molecule has 3 aliphatic heterocycles. The van der Waals surface area contributed by atoms with Crippen LogP contribution < -0.4 is 25.6 Å². The molecule has 16 nitrogen and oxygen atoms in total. The lowest BCUT2D eigenvalue weighted by Gasteiger charge is -2.32. The van der Waals surface area contributed by atoms with Gasteiger partial charge in [-0.05, 0) is 148 Å². The Labute approximate surface area is 415 Å². The van der Waals surface area contributed by atoms with Crippen molar-refractivity contribution in [1.82, 2.24) is 30.0 Å². The average Bonchev–Trinajstić information content (AvgIpc) is 3.93. The number of fused-ring (bicyclic) bond motifs is 3. The summed E-state index contributed by atoms with van der Waals surface area (Å²) >= 11 is 1.43. The highest BCUT2D eigenvalue weighted by atomic mass is 32.1. The summed E-state index contributed by atoms with van der Waals surface area (Å²) < 4.78 is 9.04. The number of nitrogens with one attached hydrogen (secondary N) is 3. The zero-order chi connectivity index (χ0) is 49.2. The molecule has 2 unspecified atom stereocenters. The van der Waals surface area contributed by atoms with E-state index in [4.69, 9.17) is 9.72 Å². The Morgan fingerprint density at radius 3 is 2.62 bits per heavy atom. The predicted molar refractivity (Wildman–Crippen MR) is 274 cm³/mol. The number of hydrogen-bond acceptors (Lipinski definition) is 12. The summed E-state index contributed by atoms with van der Waals surface area (Å²) in [6.07, 6.45) is 5.84. The molecular formula is C54H57N9O7S. The van der Waals surface area contributed by atoms with E-state index in [9.17, 15) is 29.4 Å². The van der Waals surface area contributed by atoms with Crippen molar-refractivity contribution in [3.63, 3.8) is 0 Å². The zero-order valence-corrected chi connectivity index (χ0v) is 40.6. The van der Waals surface area contributed by atoms with E-state index in [0.29, 0.717) is 90.6 Å². The van der Waals surface area contributed by atoms with E-state index in [1.54, 1.807) is 4.68 Å². The summed E-state index contributed by atoms with van der Waals surface area (Å²) in [4.78, 5) is 65.9. The Morgan fingerprint density at radius 1 is 0.915 bits per heavy atom. The van der Waals surface area contributed by atoms with Crippen molar-refractivity contribution >= 4 is 72.8 Å². The molecule has 7 aromatic rings. The Kier molecular flexibility index (Phi) is 13.8. The minimum absolute atomic E-state index is 0.0510.